The summed E-state index contributed by atoms with van der Waals surface area (Å²) < 4.78 is 0. The van der Waals surface area contributed by atoms with Crippen LogP contribution in [0.2, 0.25) is 0 Å². The number of nitrogens with zero attached hydrogens (tertiary/aromatic N) is 2. The third-order valence-electron chi connectivity index (χ3n) is 2.36. The summed E-state index contributed by atoms with van der Waals surface area (Å²) in [5.74, 6) is 0.925. The van der Waals surface area contributed by atoms with Crippen molar-refractivity contribution in [3.63, 3.8) is 0 Å². The van der Waals surface area contributed by atoms with Gasteiger partial charge in [0.05, 0.1) is 5.69 Å². The van der Waals surface area contributed by atoms with Crippen molar-refractivity contribution in [2.45, 2.75) is 27.2 Å². The molecule has 3 heteroatoms. The molecular weight excluding hydrogens is 174 g/mol. The Morgan fingerprint density at radius 2 is 2.14 bits per heavy atom. The minimum Gasteiger partial charge on any atom is -0.396 e. The first-order valence-corrected chi connectivity index (χ1v) is 5.16. The van der Waals surface area contributed by atoms with Crippen molar-refractivity contribution in [2.75, 3.05) is 23.7 Å². The molecule has 1 aromatic heterocycles. The Hall–Kier alpha value is -1.25. The summed E-state index contributed by atoms with van der Waals surface area (Å²) in [4.78, 5) is 6.54. The molecule has 0 aliphatic carbocycles. The fraction of sp³-hybridized carbons (Fsp3) is 0.545. The SMILES string of the molecule is CCCN(CC)c1nccc(C)c1N. The lowest BCUT2D eigenvalue weighted by molar-refractivity contribution is 0.779. The molecule has 0 aliphatic heterocycles. The smallest absolute Gasteiger partial charge is 0.152 e. The molecule has 0 fully saturated rings. The summed E-state index contributed by atoms with van der Waals surface area (Å²) in [6.07, 6.45) is 2.93. The molecule has 0 amide bonds. The molecule has 0 saturated carbocycles. The van der Waals surface area contributed by atoms with E-state index in [1.54, 1.807) is 0 Å². The molecule has 0 aromatic carbocycles. The first kappa shape index (κ1) is 10.8. The van der Waals surface area contributed by atoms with Gasteiger partial charge in [0, 0.05) is 19.3 Å². The molecule has 14 heavy (non-hydrogen) atoms. The number of aromatic nitrogens is 1. The molecule has 2 N–H and O–H groups in total. The van der Waals surface area contributed by atoms with Gasteiger partial charge in [-0.15, -0.1) is 0 Å². The van der Waals surface area contributed by atoms with Gasteiger partial charge in [-0.1, -0.05) is 6.92 Å². The molecule has 78 valence electrons. The lowest BCUT2D eigenvalue weighted by Crippen LogP contribution is -2.25. The minimum absolute atomic E-state index is 0.808. The van der Waals surface area contributed by atoms with Crippen LogP contribution in [-0.2, 0) is 0 Å². The third-order valence-corrected chi connectivity index (χ3v) is 2.36. The van der Waals surface area contributed by atoms with Crippen molar-refractivity contribution in [1.29, 1.82) is 0 Å². The summed E-state index contributed by atoms with van der Waals surface area (Å²) in [5, 5.41) is 0. The number of anilines is 2. The molecule has 0 radical (unpaired) electrons. The first-order chi connectivity index (χ1) is 6.70. The molecule has 0 atom stereocenters. The van der Waals surface area contributed by atoms with E-state index in [0.717, 1.165) is 36.6 Å². The predicted molar refractivity (Wildman–Crippen MR) is 61.6 cm³/mol. The van der Waals surface area contributed by atoms with Gasteiger partial charge in [-0.2, -0.15) is 0 Å². The second-order valence-corrected chi connectivity index (χ2v) is 3.44. The van der Waals surface area contributed by atoms with Gasteiger partial charge in [0.25, 0.3) is 0 Å². The minimum atomic E-state index is 0.808. The van der Waals surface area contributed by atoms with Crippen LogP contribution in [0.1, 0.15) is 25.8 Å². The Bertz CT molecular complexity index is 297. The topological polar surface area (TPSA) is 42.2 Å². The van der Waals surface area contributed by atoms with Crippen molar-refractivity contribution >= 4 is 11.5 Å². The zero-order chi connectivity index (χ0) is 10.6. The van der Waals surface area contributed by atoms with Crippen LogP contribution < -0.4 is 10.6 Å². The summed E-state index contributed by atoms with van der Waals surface area (Å²) in [5.41, 5.74) is 7.89. The third kappa shape index (κ3) is 2.16. The fourth-order valence-electron chi connectivity index (χ4n) is 1.49. The van der Waals surface area contributed by atoms with E-state index >= 15 is 0 Å². The molecule has 0 saturated heterocycles. The summed E-state index contributed by atoms with van der Waals surface area (Å²) >= 11 is 0. The van der Waals surface area contributed by atoms with Crippen molar-refractivity contribution in [3.05, 3.63) is 17.8 Å². The fourth-order valence-corrected chi connectivity index (χ4v) is 1.49. The van der Waals surface area contributed by atoms with Gasteiger partial charge in [-0.3, -0.25) is 0 Å². The Morgan fingerprint density at radius 1 is 1.43 bits per heavy atom. The van der Waals surface area contributed by atoms with Gasteiger partial charge < -0.3 is 10.6 Å². The quantitative estimate of drug-likeness (QED) is 0.797. The number of hydrogen-bond donors (Lipinski definition) is 1. The molecule has 0 unspecified atom stereocenters. The number of rotatable bonds is 4. The van der Waals surface area contributed by atoms with Crippen LogP contribution >= 0.6 is 0 Å². The monoisotopic (exact) mass is 193 g/mol. The molecule has 1 rings (SSSR count). The van der Waals surface area contributed by atoms with Gasteiger partial charge in [0.2, 0.25) is 0 Å². The maximum atomic E-state index is 5.99. The molecular formula is C11H19N3. The van der Waals surface area contributed by atoms with Crippen molar-refractivity contribution < 1.29 is 0 Å². The zero-order valence-corrected chi connectivity index (χ0v) is 9.25. The van der Waals surface area contributed by atoms with Crippen molar-refractivity contribution in [1.82, 2.24) is 4.98 Å². The Morgan fingerprint density at radius 3 is 2.71 bits per heavy atom. The van der Waals surface area contributed by atoms with Crippen LogP contribution in [0, 0.1) is 6.92 Å². The Kier molecular flexibility index (Phi) is 3.74. The van der Waals surface area contributed by atoms with E-state index in [0.29, 0.717) is 0 Å². The molecule has 1 aromatic rings. The van der Waals surface area contributed by atoms with E-state index in [2.05, 4.69) is 23.7 Å². The number of hydrogen-bond acceptors (Lipinski definition) is 3. The molecule has 0 aliphatic rings. The van der Waals surface area contributed by atoms with Crippen molar-refractivity contribution in [3.8, 4) is 0 Å². The number of nitrogens with two attached hydrogens (primary N) is 1. The van der Waals surface area contributed by atoms with E-state index in [1.807, 2.05) is 19.2 Å². The predicted octanol–water partition coefficient (Wildman–Crippen LogP) is 2.21. The highest BCUT2D eigenvalue weighted by Gasteiger charge is 2.09. The summed E-state index contributed by atoms with van der Waals surface area (Å²) in [6.45, 7) is 8.26. The van der Waals surface area contributed by atoms with Crippen LogP contribution in [0.3, 0.4) is 0 Å². The largest absolute Gasteiger partial charge is 0.396 e. The lowest BCUT2D eigenvalue weighted by atomic mass is 10.2. The van der Waals surface area contributed by atoms with Crippen LogP contribution in [0.5, 0.6) is 0 Å². The maximum absolute atomic E-state index is 5.99. The molecule has 1 heterocycles. The summed E-state index contributed by atoms with van der Waals surface area (Å²) in [6, 6.07) is 1.94. The number of nitrogen functional groups attached to an aromatic ring is 1. The normalized spacial score (nSPS) is 10.2. The van der Waals surface area contributed by atoms with E-state index in [4.69, 9.17) is 5.73 Å². The van der Waals surface area contributed by atoms with Crippen molar-refractivity contribution in [2.24, 2.45) is 0 Å². The van der Waals surface area contributed by atoms with Gasteiger partial charge in [-0.05, 0) is 31.9 Å². The average Bonchev–Trinajstić information content (AvgIpc) is 2.19. The van der Waals surface area contributed by atoms with E-state index in [-0.39, 0.29) is 0 Å². The molecule has 0 spiro atoms. The lowest BCUT2D eigenvalue weighted by Gasteiger charge is -2.23. The molecule has 3 nitrogen and oxygen atoms in total. The standard InChI is InChI=1S/C11H19N3/c1-4-8-14(5-2)11-10(12)9(3)6-7-13-11/h6-7H,4-5,8,12H2,1-3H3. The highest BCUT2D eigenvalue weighted by Crippen LogP contribution is 2.22. The highest BCUT2D eigenvalue weighted by molar-refractivity contribution is 5.66. The zero-order valence-electron chi connectivity index (χ0n) is 9.25. The van der Waals surface area contributed by atoms with Gasteiger partial charge >= 0.3 is 0 Å². The summed E-state index contributed by atoms with van der Waals surface area (Å²) in [7, 11) is 0. The number of aryl methyl sites for hydroxylation is 1. The van der Waals surface area contributed by atoms with Gasteiger partial charge in [0.1, 0.15) is 0 Å². The first-order valence-electron chi connectivity index (χ1n) is 5.16. The van der Waals surface area contributed by atoms with Crippen LogP contribution in [-0.4, -0.2) is 18.1 Å². The maximum Gasteiger partial charge on any atom is 0.152 e. The van der Waals surface area contributed by atoms with Gasteiger partial charge in [0.15, 0.2) is 5.82 Å². The van der Waals surface area contributed by atoms with E-state index in [9.17, 15) is 0 Å². The van der Waals surface area contributed by atoms with Gasteiger partial charge in [-0.25, -0.2) is 4.98 Å². The second kappa shape index (κ2) is 4.84. The molecule has 0 bridgehead atoms. The Balaban J connectivity index is 2.97. The average molecular weight is 193 g/mol. The second-order valence-electron chi connectivity index (χ2n) is 3.44. The van der Waals surface area contributed by atoms with E-state index in [1.165, 1.54) is 0 Å². The van der Waals surface area contributed by atoms with Crippen LogP contribution in [0.15, 0.2) is 12.3 Å². The number of pyridine rings is 1. The Labute approximate surface area is 85.9 Å². The van der Waals surface area contributed by atoms with E-state index < -0.39 is 0 Å². The highest BCUT2D eigenvalue weighted by atomic mass is 15.2. The van der Waals surface area contributed by atoms with Crippen LogP contribution in [0.25, 0.3) is 0 Å². The van der Waals surface area contributed by atoms with Crippen LogP contribution in [0.4, 0.5) is 11.5 Å².